The maximum atomic E-state index is 13.1. The third-order valence-corrected chi connectivity index (χ3v) is 3.76. The largest absolute Gasteiger partial charge is 0.310 e. The van der Waals surface area contributed by atoms with E-state index in [-0.39, 0.29) is 5.82 Å². The van der Waals surface area contributed by atoms with Crippen LogP contribution in [0, 0.1) is 5.82 Å². The highest BCUT2D eigenvalue weighted by Gasteiger charge is 2.07. The average molecular weight is 302 g/mol. The first-order valence-corrected chi connectivity index (χ1v) is 7.14. The lowest BCUT2D eigenvalue weighted by Gasteiger charge is -2.17. The number of benzene rings is 1. The number of halogens is 2. The van der Waals surface area contributed by atoms with Gasteiger partial charge in [0.05, 0.1) is 0 Å². The quantitative estimate of drug-likeness (QED) is 0.773. The molecule has 1 rings (SSSR count). The van der Waals surface area contributed by atoms with Crippen molar-refractivity contribution < 1.29 is 4.39 Å². The first-order valence-electron chi connectivity index (χ1n) is 6.34. The van der Waals surface area contributed by atoms with Gasteiger partial charge in [0.1, 0.15) is 5.82 Å². The molecule has 17 heavy (non-hydrogen) atoms. The SMILES string of the molecule is CCCCC(CC)NCc1cc(F)ccc1Br. The molecule has 3 heteroatoms. The second kappa shape index (κ2) is 7.83. The molecular formula is C14H21BrFN. The second-order valence-corrected chi connectivity index (χ2v) is 5.22. The van der Waals surface area contributed by atoms with E-state index >= 15 is 0 Å². The lowest BCUT2D eigenvalue weighted by molar-refractivity contribution is 0.451. The van der Waals surface area contributed by atoms with Crippen molar-refractivity contribution in [1.82, 2.24) is 5.32 Å². The Morgan fingerprint density at radius 3 is 2.76 bits per heavy atom. The van der Waals surface area contributed by atoms with Gasteiger partial charge in [-0.05, 0) is 36.6 Å². The standard InChI is InChI=1S/C14H21BrFN/c1-3-5-6-13(4-2)17-10-11-9-12(16)7-8-14(11)15/h7-9,13,17H,3-6,10H2,1-2H3. The molecule has 0 bridgehead atoms. The summed E-state index contributed by atoms with van der Waals surface area (Å²) in [4.78, 5) is 0. The maximum absolute atomic E-state index is 13.1. The molecule has 1 unspecified atom stereocenters. The highest BCUT2D eigenvalue weighted by atomic mass is 79.9. The molecule has 0 aromatic heterocycles. The van der Waals surface area contributed by atoms with E-state index in [0.29, 0.717) is 6.04 Å². The van der Waals surface area contributed by atoms with Gasteiger partial charge in [0, 0.05) is 17.1 Å². The first kappa shape index (κ1) is 14.7. The topological polar surface area (TPSA) is 12.0 Å². The van der Waals surface area contributed by atoms with Crippen molar-refractivity contribution in [3.63, 3.8) is 0 Å². The van der Waals surface area contributed by atoms with Crippen molar-refractivity contribution in [3.05, 3.63) is 34.1 Å². The highest BCUT2D eigenvalue weighted by Crippen LogP contribution is 2.18. The molecule has 0 spiro atoms. The summed E-state index contributed by atoms with van der Waals surface area (Å²) in [5, 5.41) is 3.49. The summed E-state index contributed by atoms with van der Waals surface area (Å²) in [6.45, 7) is 5.12. The summed E-state index contributed by atoms with van der Waals surface area (Å²) >= 11 is 3.45. The average Bonchev–Trinajstić information content (AvgIpc) is 2.33. The van der Waals surface area contributed by atoms with E-state index in [1.807, 2.05) is 0 Å². The van der Waals surface area contributed by atoms with Gasteiger partial charge < -0.3 is 5.32 Å². The van der Waals surface area contributed by atoms with Gasteiger partial charge in [-0.15, -0.1) is 0 Å². The van der Waals surface area contributed by atoms with Crippen LogP contribution in [0.2, 0.25) is 0 Å². The lowest BCUT2D eigenvalue weighted by Crippen LogP contribution is -2.28. The minimum absolute atomic E-state index is 0.174. The minimum Gasteiger partial charge on any atom is -0.310 e. The highest BCUT2D eigenvalue weighted by molar-refractivity contribution is 9.10. The molecule has 96 valence electrons. The van der Waals surface area contributed by atoms with Gasteiger partial charge in [-0.1, -0.05) is 42.6 Å². The fraction of sp³-hybridized carbons (Fsp3) is 0.571. The predicted octanol–water partition coefficient (Wildman–Crippen LogP) is 4.65. The van der Waals surface area contributed by atoms with Gasteiger partial charge in [0.25, 0.3) is 0 Å². The molecule has 0 amide bonds. The van der Waals surface area contributed by atoms with Crippen LogP contribution in [0.3, 0.4) is 0 Å². The van der Waals surface area contributed by atoms with E-state index in [1.54, 1.807) is 12.1 Å². The van der Waals surface area contributed by atoms with Gasteiger partial charge in [-0.25, -0.2) is 4.39 Å². The third-order valence-electron chi connectivity index (χ3n) is 2.99. The molecule has 0 radical (unpaired) electrons. The zero-order valence-corrected chi connectivity index (χ0v) is 12.2. The smallest absolute Gasteiger partial charge is 0.123 e. The molecule has 1 N–H and O–H groups in total. The van der Waals surface area contributed by atoms with Crippen LogP contribution in [0.5, 0.6) is 0 Å². The van der Waals surface area contributed by atoms with Crippen LogP contribution >= 0.6 is 15.9 Å². The zero-order valence-electron chi connectivity index (χ0n) is 10.6. The van der Waals surface area contributed by atoms with Crippen molar-refractivity contribution in [3.8, 4) is 0 Å². The maximum Gasteiger partial charge on any atom is 0.123 e. The molecule has 1 aromatic carbocycles. The van der Waals surface area contributed by atoms with Crippen LogP contribution in [0.1, 0.15) is 45.1 Å². The molecular weight excluding hydrogens is 281 g/mol. The Morgan fingerprint density at radius 2 is 2.12 bits per heavy atom. The third kappa shape index (κ3) is 5.17. The normalized spacial score (nSPS) is 12.7. The van der Waals surface area contributed by atoms with E-state index in [1.165, 1.54) is 25.3 Å². The van der Waals surface area contributed by atoms with Crippen molar-refractivity contribution in [2.75, 3.05) is 0 Å². The summed E-state index contributed by atoms with van der Waals surface area (Å²) in [6.07, 6.45) is 4.78. The van der Waals surface area contributed by atoms with Crippen LogP contribution in [0.15, 0.2) is 22.7 Å². The Kier molecular flexibility index (Phi) is 6.75. The van der Waals surface area contributed by atoms with Crippen LogP contribution in [0.25, 0.3) is 0 Å². The number of unbranched alkanes of at least 4 members (excludes halogenated alkanes) is 1. The lowest BCUT2D eigenvalue weighted by atomic mass is 10.1. The molecule has 0 fully saturated rings. The number of hydrogen-bond acceptors (Lipinski definition) is 1. The molecule has 0 aliphatic carbocycles. The van der Waals surface area contributed by atoms with Gasteiger partial charge in [-0.3, -0.25) is 0 Å². The van der Waals surface area contributed by atoms with Crippen LogP contribution in [0.4, 0.5) is 4.39 Å². The Labute approximate surface area is 112 Å². The predicted molar refractivity (Wildman–Crippen MR) is 74.5 cm³/mol. The Hall–Kier alpha value is -0.410. The van der Waals surface area contributed by atoms with E-state index in [4.69, 9.17) is 0 Å². The summed E-state index contributed by atoms with van der Waals surface area (Å²) in [7, 11) is 0. The number of hydrogen-bond donors (Lipinski definition) is 1. The summed E-state index contributed by atoms with van der Waals surface area (Å²) < 4.78 is 14.1. The van der Waals surface area contributed by atoms with Crippen LogP contribution < -0.4 is 5.32 Å². The fourth-order valence-corrected chi connectivity index (χ4v) is 2.22. The number of rotatable bonds is 7. The molecule has 0 aliphatic rings. The monoisotopic (exact) mass is 301 g/mol. The Balaban J connectivity index is 2.50. The van der Waals surface area contributed by atoms with Gasteiger partial charge in [-0.2, -0.15) is 0 Å². The summed E-state index contributed by atoms with van der Waals surface area (Å²) in [5.41, 5.74) is 0.986. The Bertz CT molecular complexity index is 341. The van der Waals surface area contributed by atoms with Crippen molar-refractivity contribution in [1.29, 1.82) is 0 Å². The van der Waals surface area contributed by atoms with Crippen LogP contribution in [-0.2, 0) is 6.54 Å². The molecule has 0 aliphatic heterocycles. The Morgan fingerprint density at radius 1 is 1.35 bits per heavy atom. The zero-order chi connectivity index (χ0) is 12.7. The minimum atomic E-state index is -0.174. The van der Waals surface area contributed by atoms with Crippen molar-refractivity contribution >= 4 is 15.9 Å². The van der Waals surface area contributed by atoms with E-state index in [9.17, 15) is 4.39 Å². The fourth-order valence-electron chi connectivity index (χ4n) is 1.83. The van der Waals surface area contributed by atoms with Gasteiger partial charge >= 0.3 is 0 Å². The number of nitrogens with one attached hydrogen (secondary N) is 1. The summed E-state index contributed by atoms with van der Waals surface area (Å²) in [6, 6.07) is 5.36. The molecule has 1 nitrogen and oxygen atoms in total. The van der Waals surface area contributed by atoms with E-state index in [0.717, 1.165) is 23.0 Å². The first-order chi connectivity index (χ1) is 8.17. The summed E-state index contributed by atoms with van der Waals surface area (Å²) in [5.74, 6) is -0.174. The van der Waals surface area contributed by atoms with Gasteiger partial charge in [0.15, 0.2) is 0 Å². The molecule has 1 atom stereocenters. The second-order valence-electron chi connectivity index (χ2n) is 4.36. The van der Waals surface area contributed by atoms with Crippen LogP contribution in [-0.4, -0.2) is 6.04 Å². The van der Waals surface area contributed by atoms with Crippen molar-refractivity contribution in [2.24, 2.45) is 0 Å². The molecule has 0 heterocycles. The van der Waals surface area contributed by atoms with Crippen molar-refractivity contribution in [2.45, 2.75) is 52.1 Å². The molecule has 1 aromatic rings. The van der Waals surface area contributed by atoms with E-state index in [2.05, 4.69) is 35.1 Å². The van der Waals surface area contributed by atoms with Gasteiger partial charge in [0.2, 0.25) is 0 Å². The molecule has 0 saturated heterocycles. The van der Waals surface area contributed by atoms with E-state index < -0.39 is 0 Å². The molecule has 0 saturated carbocycles.